The molecule has 1 atom stereocenters. The summed E-state index contributed by atoms with van der Waals surface area (Å²) in [6, 6.07) is 14.6. The maximum Gasteiger partial charge on any atom is 0.331 e. The number of nitrogen functional groups attached to an aromatic ring is 1. The maximum absolute atomic E-state index is 12.5. The van der Waals surface area contributed by atoms with Crippen molar-refractivity contribution in [1.29, 1.82) is 0 Å². The first-order valence-corrected chi connectivity index (χ1v) is 8.82. The lowest BCUT2D eigenvalue weighted by atomic mass is 9.98. The predicted octanol–water partition coefficient (Wildman–Crippen LogP) is 4.37. The number of amides is 1. The molecule has 2 rings (SSSR count). The molecule has 0 aromatic heterocycles. The van der Waals surface area contributed by atoms with E-state index < -0.39 is 5.60 Å². The van der Waals surface area contributed by atoms with Crippen molar-refractivity contribution in [3.8, 4) is 0 Å². The van der Waals surface area contributed by atoms with Crippen LogP contribution in [0.1, 0.15) is 44.7 Å². The molecular weight excluding hydrogens is 340 g/mol. The molecule has 0 saturated heterocycles. The quantitative estimate of drug-likeness (QED) is 0.468. The summed E-state index contributed by atoms with van der Waals surface area (Å²) in [7, 11) is 0. The van der Waals surface area contributed by atoms with Gasteiger partial charge in [-0.3, -0.25) is 4.79 Å². The molecule has 0 spiro atoms. The number of benzene rings is 2. The maximum atomic E-state index is 12.5. The van der Waals surface area contributed by atoms with Crippen molar-refractivity contribution in [2.24, 2.45) is 0 Å². The van der Waals surface area contributed by atoms with Crippen LogP contribution < -0.4 is 11.1 Å². The molecule has 2 aromatic rings. The van der Waals surface area contributed by atoms with Gasteiger partial charge in [0.25, 0.3) is 0 Å². The summed E-state index contributed by atoms with van der Waals surface area (Å²) < 4.78 is 5.23. The van der Waals surface area contributed by atoms with Crippen molar-refractivity contribution in [2.75, 3.05) is 11.1 Å². The van der Waals surface area contributed by atoms with Crippen LogP contribution in [0.4, 0.5) is 11.4 Å². The minimum absolute atomic E-state index is 0.134. The van der Waals surface area contributed by atoms with Crippen molar-refractivity contribution in [3.63, 3.8) is 0 Å². The van der Waals surface area contributed by atoms with Gasteiger partial charge in [-0.15, -0.1) is 0 Å². The van der Waals surface area contributed by atoms with Crippen LogP contribution in [0, 0.1) is 0 Å². The van der Waals surface area contributed by atoms with Crippen LogP contribution in [0.25, 0.3) is 6.08 Å². The topological polar surface area (TPSA) is 81.4 Å². The lowest BCUT2D eigenvalue weighted by Gasteiger charge is -2.17. The Bertz CT molecular complexity index is 833. The van der Waals surface area contributed by atoms with Crippen molar-refractivity contribution in [2.45, 2.75) is 39.2 Å². The zero-order valence-corrected chi connectivity index (χ0v) is 16.2. The zero-order valence-electron chi connectivity index (χ0n) is 16.2. The highest BCUT2D eigenvalue weighted by atomic mass is 16.6. The average molecular weight is 366 g/mol. The molecule has 1 amide bonds. The zero-order chi connectivity index (χ0) is 20.0. The van der Waals surface area contributed by atoms with Gasteiger partial charge in [0.2, 0.25) is 5.91 Å². The van der Waals surface area contributed by atoms with E-state index in [0.717, 1.165) is 11.1 Å². The summed E-state index contributed by atoms with van der Waals surface area (Å²) in [4.78, 5) is 24.2. The van der Waals surface area contributed by atoms with Gasteiger partial charge in [-0.25, -0.2) is 4.79 Å². The van der Waals surface area contributed by atoms with E-state index in [1.165, 1.54) is 6.08 Å². The van der Waals surface area contributed by atoms with E-state index in [9.17, 15) is 9.59 Å². The summed E-state index contributed by atoms with van der Waals surface area (Å²) in [5.74, 6) is -0.863. The molecule has 2 aromatic carbocycles. The second kappa shape index (κ2) is 8.54. The van der Waals surface area contributed by atoms with E-state index in [1.807, 2.05) is 64.1 Å². The molecule has 0 unspecified atom stereocenters. The number of para-hydroxylation sites is 2. The fraction of sp³-hybridized carbons (Fsp3) is 0.273. The summed E-state index contributed by atoms with van der Waals surface area (Å²) in [6.07, 6.45) is 3.09. The van der Waals surface area contributed by atoms with Crippen LogP contribution in [0.15, 0.2) is 54.6 Å². The Hall–Kier alpha value is -3.08. The van der Waals surface area contributed by atoms with Crippen molar-refractivity contribution < 1.29 is 14.3 Å². The van der Waals surface area contributed by atoms with Crippen LogP contribution in [0.2, 0.25) is 0 Å². The van der Waals surface area contributed by atoms with Crippen LogP contribution in [-0.4, -0.2) is 17.5 Å². The summed E-state index contributed by atoms with van der Waals surface area (Å²) in [5, 5.41) is 2.85. The lowest BCUT2D eigenvalue weighted by molar-refractivity contribution is -0.148. The fourth-order valence-corrected chi connectivity index (χ4v) is 2.40. The Balaban J connectivity index is 2.00. The minimum Gasteiger partial charge on any atom is -0.457 e. The molecule has 0 radical (unpaired) electrons. The van der Waals surface area contributed by atoms with E-state index in [0.29, 0.717) is 11.4 Å². The van der Waals surface area contributed by atoms with Gasteiger partial charge in [0.05, 0.1) is 17.3 Å². The number of anilines is 2. The van der Waals surface area contributed by atoms with E-state index in [2.05, 4.69) is 5.32 Å². The normalized spacial score (nSPS) is 12.6. The smallest absolute Gasteiger partial charge is 0.331 e. The number of nitrogens with two attached hydrogens (primary N) is 1. The van der Waals surface area contributed by atoms with E-state index >= 15 is 0 Å². The number of hydrogen-bond acceptors (Lipinski definition) is 4. The van der Waals surface area contributed by atoms with Crippen LogP contribution in [0.5, 0.6) is 0 Å². The van der Waals surface area contributed by atoms with Gasteiger partial charge in [-0.1, -0.05) is 36.4 Å². The molecular formula is C22H26N2O3. The standard InChI is InChI=1S/C22H26N2O3/c1-15(21(26)24-19-8-6-5-7-18(19)23)17-12-9-16(10-13-17)11-14-20(25)27-22(2,3)4/h5-15H,23H2,1-4H3,(H,24,26)/b14-11+/t15-/m0/s1. The monoisotopic (exact) mass is 366 g/mol. The van der Waals surface area contributed by atoms with Gasteiger partial charge in [0, 0.05) is 6.08 Å². The predicted molar refractivity (Wildman–Crippen MR) is 109 cm³/mol. The van der Waals surface area contributed by atoms with Crippen LogP contribution >= 0.6 is 0 Å². The fourth-order valence-electron chi connectivity index (χ4n) is 2.40. The first-order valence-electron chi connectivity index (χ1n) is 8.82. The Morgan fingerprint density at radius 1 is 1.07 bits per heavy atom. The number of hydrogen-bond donors (Lipinski definition) is 2. The third-order valence-electron chi connectivity index (χ3n) is 3.87. The van der Waals surface area contributed by atoms with Crippen LogP contribution in [-0.2, 0) is 14.3 Å². The van der Waals surface area contributed by atoms with Crippen molar-refractivity contribution in [1.82, 2.24) is 0 Å². The second-order valence-corrected chi connectivity index (χ2v) is 7.33. The molecule has 5 heteroatoms. The minimum atomic E-state index is -0.518. The van der Waals surface area contributed by atoms with E-state index in [4.69, 9.17) is 10.5 Å². The molecule has 0 fully saturated rings. The van der Waals surface area contributed by atoms with Gasteiger partial charge in [0.1, 0.15) is 5.60 Å². The SMILES string of the molecule is C[C@H](C(=O)Nc1ccccc1N)c1ccc(/C=C/C(=O)OC(C)(C)C)cc1. The van der Waals surface area contributed by atoms with Crippen molar-refractivity contribution in [3.05, 3.63) is 65.7 Å². The summed E-state index contributed by atoms with van der Waals surface area (Å²) in [5.41, 5.74) is 8.20. The highest BCUT2D eigenvalue weighted by molar-refractivity contribution is 5.97. The van der Waals surface area contributed by atoms with Crippen molar-refractivity contribution >= 4 is 29.3 Å². The molecule has 142 valence electrons. The third kappa shape index (κ3) is 6.29. The molecule has 0 aliphatic heterocycles. The summed E-state index contributed by atoms with van der Waals surface area (Å²) in [6.45, 7) is 7.30. The van der Waals surface area contributed by atoms with Gasteiger partial charge in [-0.2, -0.15) is 0 Å². The van der Waals surface area contributed by atoms with Crippen LogP contribution in [0.3, 0.4) is 0 Å². The molecule has 0 saturated carbocycles. The lowest BCUT2D eigenvalue weighted by Crippen LogP contribution is -2.22. The first-order chi connectivity index (χ1) is 12.7. The number of rotatable bonds is 5. The van der Waals surface area contributed by atoms with Gasteiger partial charge in [0.15, 0.2) is 0 Å². The van der Waals surface area contributed by atoms with Gasteiger partial charge in [-0.05, 0) is 57.0 Å². The molecule has 0 aliphatic carbocycles. The Labute approximate surface area is 160 Å². The molecule has 0 bridgehead atoms. The van der Waals surface area contributed by atoms with Gasteiger partial charge < -0.3 is 15.8 Å². The molecule has 5 nitrogen and oxygen atoms in total. The van der Waals surface area contributed by atoms with E-state index in [1.54, 1.807) is 18.2 Å². The molecule has 27 heavy (non-hydrogen) atoms. The first kappa shape index (κ1) is 20.2. The number of esters is 1. The average Bonchev–Trinajstić information content (AvgIpc) is 2.60. The number of ether oxygens (including phenoxy) is 1. The Kier molecular flexibility index (Phi) is 6.40. The van der Waals surface area contributed by atoms with Gasteiger partial charge >= 0.3 is 5.97 Å². The molecule has 0 aliphatic rings. The summed E-state index contributed by atoms with van der Waals surface area (Å²) >= 11 is 0. The third-order valence-corrected chi connectivity index (χ3v) is 3.87. The highest BCUT2D eigenvalue weighted by Gasteiger charge is 2.16. The second-order valence-electron chi connectivity index (χ2n) is 7.33. The van der Waals surface area contributed by atoms with E-state index in [-0.39, 0.29) is 17.8 Å². The number of carbonyl (C=O) groups excluding carboxylic acids is 2. The Morgan fingerprint density at radius 3 is 2.30 bits per heavy atom. The molecule has 3 N–H and O–H groups in total. The molecule has 0 heterocycles. The largest absolute Gasteiger partial charge is 0.457 e. The Morgan fingerprint density at radius 2 is 1.70 bits per heavy atom. The number of carbonyl (C=O) groups is 2. The number of nitrogens with one attached hydrogen (secondary N) is 1. The highest BCUT2D eigenvalue weighted by Crippen LogP contribution is 2.22.